The van der Waals surface area contributed by atoms with Crippen LogP contribution in [0.2, 0.25) is 0 Å². The van der Waals surface area contributed by atoms with Gasteiger partial charge in [0.2, 0.25) is 11.6 Å². The Morgan fingerprint density at radius 1 is 1.60 bits per heavy atom. The number of hydrazone groups is 1. The van der Waals surface area contributed by atoms with Crippen LogP contribution >= 0.6 is 0 Å². The minimum absolute atomic E-state index is 0.0472. The number of fused-ring (bicyclic) bond motifs is 1. The van der Waals surface area contributed by atoms with Gasteiger partial charge in [-0.2, -0.15) is 10.4 Å². The molecular formula is C13H14N6O. The summed E-state index contributed by atoms with van der Waals surface area (Å²) in [7, 11) is 0. The van der Waals surface area contributed by atoms with Crippen molar-refractivity contribution in [1.82, 2.24) is 0 Å². The zero-order chi connectivity index (χ0) is 14.7. The van der Waals surface area contributed by atoms with E-state index in [1.807, 2.05) is 12.1 Å². The highest BCUT2D eigenvalue weighted by Gasteiger charge is 2.24. The van der Waals surface area contributed by atoms with E-state index in [1.54, 1.807) is 17.0 Å². The Bertz CT molecular complexity index is 643. The molecule has 1 heterocycles. The summed E-state index contributed by atoms with van der Waals surface area (Å²) in [6, 6.07) is 7.29. The van der Waals surface area contributed by atoms with Crippen molar-refractivity contribution in [3.8, 4) is 6.07 Å². The minimum Gasteiger partial charge on any atom is -0.382 e. The fraction of sp³-hybridized carbons (Fsp3) is 0.231. The molecule has 102 valence electrons. The molecule has 0 aromatic heterocycles. The Balaban J connectivity index is 2.36. The highest BCUT2D eigenvalue weighted by atomic mass is 16.2. The number of hydrogen-bond donors (Lipinski definition) is 3. The predicted octanol–water partition coefficient (Wildman–Crippen LogP) is 0.823. The third-order valence-corrected chi connectivity index (χ3v) is 3.02. The average molecular weight is 270 g/mol. The molecule has 0 radical (unpaired) electrons. The van der Waals surface area contributed by atoms with Crippen molar-refractivity contribution in [2.45, 2.75) is 13.3 Å². The molecule has 7 heteroatoms. The molecule has 0 bridgehead atoms. The minimum atomic E-state index is -0.406. The number of hydrogen-bond acceptors (Lipinski definition) is 5. The second kappa shape index (κ2) is 5.40. The van der Waals surface area contributed by atoms with Gasteiger partial charge in [0.05, 0.1) is 11.4 Å². The first kappa shape index (κ1) is 13.5. The van der Waals surface area contributed by atoms with Crippen molar-refractivity contribution >= 4 is 28.8 Å². The number of amidine groups is 1. The molecular weight excluding hydrogens is 256 g/mol. The summed E-state index contributed by atoms with van der Waals surface area (Å²) in [6.07, 6.45) is 0.784. The Labute approximate surface area is 116 Å². The number of carbonyl (C=O) groups excluding carboxylic acids is 1. The molecule has 2 rings (SSSR count). The molecule has 0 aliphatic carbocycles. The fourth-order valence-electron chi connectivity index (χ4n) is 2.12. The summed E-state index contributed by atoms with van der Waals surface area (Å²) in [5, 5.41) is 19.8. The van der Waals surface area contributed by atoms with Crippen LogP contribution in [0.15, 0.2) is 23.3 Å². The van der Waals surface area contributed by atoms with E-state index in [4.69, 9.17) is 16.4 Å². The molecule has 7 nitrogen and oxygen atoms in total. The number of nitrogens with two attached hydrogens (primary N) is 1. The lowest BCUT2D eigenvalue weighted by Gasteiger charge is -2.18. The van der Waals surface area contributed by atoms with Crippen molar-refractivity contribution in [3.05, 3.63) is 23.8 Å². The maximum atomic E-state index is 11.6. The van der Waals surface area contributed by atoms with Gasteiger partial charge in [-0.1, -0.05) is 12.1 Å². The summed E-state index contributed by atoms with van der Waals surface area (Å²) in [4.78, 5) is 13.3. The van der Waals surface area contributed by atoms with Crippen LogP contribution in [0.4, 0.5) is 11.4 Å². The fourth-order valence-corrected chi connectivity index (χ4v) is 2.12. The maximum Gasteiger partial charge on any atom is 0.223 e. The van der Waals surface area contributed by atoms with Crippen LogP contribution in [0.3, 0.4) is 0 Å². The molecule has 20 heavy (non-hydrogen) atoms. The first-order valence-corrected chi connectivity index (χ1v) is 6.02. The van der Waals surface area contributed by atoms with Gasteiger partial charge in [-0.3, -0.25) is 15.6 Å². The average Bonchev–Trinajstić information content (AvgIpc) is 2.83. The molecule has 0 saturated carbocycles. The van der Waals surface area contributed by atoms with Crippen molar-refractivity contribution in [3.63, 3.8) is 0 Å². The quantitative estimate of drug-likeness (QED) is 0.428. The van der Waals surface area contributed by atoms with E-state index in [0.717, 1.165) is 17.7 Å². The predicted molar refractivity (Wildman–Crippen MR) is 76.8 cm³/mol. The molecule has 0 unspecified atom stereocenters. The summed E-state index contributed by atoms with van der Waals surface area (Å²) in [5.74, 6) is -0.454. The van der Waals surface area contributed by atoms with E-state index in [-0.39, 0.29) is 11.6 Å². The number of para-hydroxylation sites is 1. The number of amides is 1. The normalized spacial score (nSPS) is 13.6. The highest BCUT2D eigenvalue weighted by molar-refractivity contribution is 6.45. The number of nitrogens with one attached hydrogen (secondary N) is 2. The van der Waals surface area contributed by atoms with E-state index in [1.165, 1.54) is 6.92 Å². The Hall–Kier alpha value is -2.88. The number of anilines is 2. The van der Waals surface area contributed by atoms with Gasteiger partial charge in [0.15, 0.2) is 5.84 Å². The number of nitriles is 1. The van der Waals surface area contributed by atoms with Crippen molar-refractivity contribution in [2.75, 3.05) is 16.9 Å². The third-order valence-electron chi connectivity index (χ3n) is 3.02. The molecule has 1 aromatic rings. The van der Waals surface area contributed by atoms with Gasteiger partial charge in [0.25, 0.3) is 0 Å². The van der Waals surface area contributed by atoms with E-state index < -0.39 is 5.84 Å². The lowest BCUT2D eigenvalue weighted by atomic mass is 10.1. The van der Waals surface area contributed by atoms with Crippen LogP contribution in [0.5, 0.6) is 0 Å². The Morgan fingerprint density at radius 2 is 2.35 bits per heavy atom. The monoisotopic (exact) mass is 270 g/mol. The van der Waals surface area contributed by atoms with Crippen LogP contribution in [0.1, 0.15) is 12.5 Å². The van der Waals surface area contributed by atoms with Gasteiger partial charge in [0, 0.05) is 13.5 Å². The molecule has 1 aliphatic heterocycles. The molecule has 1 aromatic carbocycles. The smallest absolute Gasteiger partial charge is 0.223 e. The van der Waals surface area contributed by atoms with Crippen molar-refractivity contribution in [2.24, 2.45) is 10.8 Å². The van der Waals surface area contributed by atoms with Crippen LogP contribution in [-0.4, -0.2) is 24.0 Å². The number of benzene rings is 1. The van der Waals surface area contributed by atoms with Crippen molar-refractivity contribution in [1.29, 1.82) is 10.7 Å². The topological polar surface area (TPSA) is 118 Å². The number of carbonyl (C=O) groups is 1. The van der Waals surface area contributed by atoms with E-state index in [0.29, 0.717) is 12.2 Å². The Kier molecular flexibility index (Phi) is 3.66. The zero-order valence-electron chi connectivity index (χ0n) is 11.0. The summed E-state index contributed by atoms with van der Waals surface area (Å²) >= 11 is 0. The SMILES string of the molecule is CC(=O)N1CCc2cccc(N/N=C(\C#N)C(=N)N)c21. The lowest BCUT2D eigenvalue weighted by molar-refractivity contribution is -0.116. The van der Waals surface area contributed by atoms with Gasteiger partial charge < -0.3 is 10.6 Å². The van der Waals surface area contributed by atoms with E-state index in [2.05, 4.69) is 10.5 Å². The molecule has 0 spiro atoms. The van der Waals surface area contributed by atoms with Gasteiger partial charge in [-0.15, -0.1) is 0 Å². The maximum absolute atomic E-state index is 11.6. The standard InChI is InChI=1S/C13H14N6O/c1-8(20)19-6-5-9-3-2-4-10(12(9)19)17-18-11(7-14)13(15)16/h2-4,17H,5-6H2,1H3,(H3,15,16)/b18-11+. The molecule has 1 aliphatic rings. The Morgan fingerprint density at radius 3 is 2.95 bits per heavy atom. The summed E-state index contributed by atoms with van der Waals surface area (Å²) in [5.41, 5.74) is 10.2. The second-order valence-electron chi connectivity index (χ2n) is 4.33. The van der Waals surface area contributed by atoms with Crippen LogP contribution in [0, 0.1) is 16.7 Å². The summed E-state index contributed by atoms with van der Waals surface area (Å²) in [6.45, 7) is 2.14. The van der Waals surface area contributed by atoms with E-state index >= 15 is 0 Å². The first-order chi connectivity index (χ1) is 9.54. The number of rotatable bonds is 3. The van der Waals surface area contributed by atoms with Crippen LogP contribution < -0.4 is 16.1 Å². The highest BCUT2D eigenvalue weighted by Crippen LogP contribution is 2.35. The van der Waals surface area contributed by atoms with Gasteiger partial charge >= 0.3 is 0 Å². The lowest BCUT2D eigenvalue weighted by Crippen LogP contribution is -2.26. The molecule has 0 saturated heterocycles. The van der Waals surface area contributed by atoms with Crippen molar-refractivity contribution < 1.29 is 4.79 Å². The molecule has 0 fully saturated rings. The van der Waals surface area contributed by atoms with Crippen LogP contribution in [-0.2, 0) is 11.2 Å². The molecule has 1 amide bonds. The van der Waals surface area contributed by atoms with E-state index in [9.17, 15) is 4.79 Å². The second-order valence-corrected chi connectivity index (χ2v) is 4.33. The molecule has 0 atom stereocenters. The zero-order valence-corrected chi connectivity index (χ0v) is 11.0. The van der Waals surface area contributed by atoms with Gasteiger partial charge in [-0.05, 0) is 18.1 Å². The molecule has 4 N–H and O–H groups in total. The third kappa shape index (κ3) is 2.44. The largest absolute Gasteiger partial charge is 0.382 e. The number of nitrogens with zero attached hydrogens (tertiary/aromatic N) is 3. The summed E-state index contributed by atoms with van der Waals surface area (Å²) < 4.78 is 0. The van der Waals surface area contributed by atoms with Crippen LogP contribution in [0.25, 0.3) is 0 Å². The van der Waals surface area contributed by atoms with Gasteiger partial charge in [0.1, 0.15) is 6.07 Å². The van der Waals surface area contributed by atoms with Gasteiger partial charge in [-0.25, -0.2) is 0 Å². The first-order valence-electron chi connectivity index (χ1n) is 6.02.